The summed E-state index contributed by atoms with van der Waals surface area (Å²) in [5.74, 6) is 0. The van der Waals surface area contributed by atoms with Gasteiger partial charge in [-0.1, -0.05) is 0 Å². The smallest absolute Gasteiger partial charge is 0.278 e. The third-order valence-corrected chi connectivity index (χ3v) is 4.52. The van der Waals surface area contributed by atoms with E-state index in [1.54, 1.807) is 37.6 Å². The van der Waals surface area contributed by atoms with Gasteiger partial charge in [-0.2, -0.15) is 0 Å². The van der Waals surface area contributed by atoms with Crippen LogP contribution in [0.2, 0.25) is 0 Å². The summed E-state index contributed by atoms with van der Waals surface area (Å²) in [6.45, 7) is 7.97. The van der Waals surface area contributed by atoms with E-state index in [1.807, 2.05) is 19.2 Å². The van der Waals surface area contributed by atoms with E-state index in [9.17, 15) is 10.1 Å². The normalized spacial score (nSPS) is 11.6. The van der Waals surface area contributed by atoms with Crippen molar-refractivity contribution in [2.45, 2.75) is 39.8 Å². The molecule has 1 N–H and O–H groups in total. The van der Waals surface area contributed by atoms with Crippen LogP contribution < -0.4 is 5.32 Å². The number of hydrogen-bond acceptors (Lipinski definition) is 6. The topological polar surface area (TPSA) is 81.0 Å². The van der Waals surface area contributed by atoms with Crippen molar-refractivity contribution < 1.29 is 4.92 Å². The second kappa shape index (κ2) is 5.87. The molecule has 0 aliphatic carbocycles. The van der Waals surface area contributed by atoms with Crippen molar-refractivity contribution >= 4 is 17.0 Å². The summed E-state index contributed by atoms with van der Waals surface area (Å²) in [6, 6.07) is 0. The van der Waals surface area contributed by atoms with E-state index in [0.29, 0.717) is 23.4 Å². The molecule has 0 radical (unpaired) electrons. The average molecular weight is 306 g/mol. The number of thiazole rings is 1. The number of aromatic nitrogens is 2. The van der Waals surface area contributed by atoms with Crippen LogP contribution >= 0.6 is 11.3 Å². The fourth-order valence-electron chi connectivity index (χ4n) is 2.14. The number of nitrogens with zero attached hydrogens (tertiary/aromatic N) is 3. The van der Waals surface area contributed by atoms with Crippen molar-refractivity contribution in [3.05, 3.63) is 49.7 Å². The van der Waals surface area contributed by atoms with Crippen LogP contribution in [0.4, 0.5) is 5.69 Å². The molecule has 7 heteroatoms. The maximum atomic E-state index is 11.1. The van der Waals surface area contributed by atoms with Crippen LogP contribution in [-0.4, -0.2) is 14.9 Å². The number of aryl methyl sites for hydroxylation is 1. The Labute approximate surface area is 127 Å². The summed E-state index contributed by atoms with van der Waals surface area (Å²) >= 11 is 1.58. The molecule has 2 aromatic heterocycles. The zero-order valence-electron chi connectivity index (χ0n) is 12.5. The van der Waals surface area contributed by atoms with Gasteiger partial charge >= 0.3 is 0 Å². The maximum absolute atomic E-state index is 11.1. The van der Waals surface area contributed by atoms with E-state index >= 15 is 0 Å². The third-order valence-electron chi connectivity index (χ3n) is 3.42. The van der Waals surface area contributed by atoms with Crippen LogP contribution in [0.3, 0.4) is 0 Å². The number of hydrogen-bond donors (Lipinski definition) is 1. The average Bonchev–Trinajstić information content (AvgIpc) is 2.92. The van der Waals surface area contributed by atoms with E-state index in [0.717, 1.165) is 5.01 Å². The third kappa shape index (κ3) is 3.25. The van der Waals surface area contributed by atoms with Crippen LogP contribution in [0, 0.1) is 24.0 Å². The predicted molar refractivity (Wildman–Crippen MR) is 82.3 cm³/mol. The molecule has 0 fully saturated rings. The molecule has 2 heterocycles. The van der Waals surface area contributed by atoms with Crippen LogP contribution in [0.25, 0.3) is 0 Å². The Hall–Kier alpha value is -1.86. The molecule has 2 rings (SSSR count). The monoisotopic (exact) mass is 306 g/mol. The Kier molecular flexibility index (Phi) is 4.34. The Morgan fingerprint density at radius 3 is 2.67 bits per heavy atom. The second-order valence-corrected chi connectivity index (χ2v) is 6.33. The lowest BCUT2D eigenvalue weighted by Crippen LogP contribution is -2.36. The Morgan fingerprint density at radius 1 is 1.38 bits per heavy atom. The number of nitro groups is 1. The van der Waals surface area contributed by atoms with Gasteiger partial charge in [-0.15, -0.1) is 11.3 Å². The van der Waals surface area contributed by atoms with Crippen molar-refractivity contribution in [3.63, 3.8) is 0 Å². The van der Waals surface area contributed by atoms with Gasteiger partial charge in [0.25, 0.3) is 5.69 Å². The molecule has 0 saturated heterocycles. The van der Waals surface area contributed by atoms with Crippen LogP contribution in [0.5, 0.6) is 0 Å². The first-order valence-corrected chi connectivity index (χ1v) is 7.45. The number of pyridine rings is 1. The Bertz CT molecular complexity index is 653. The molecule has 112 valence electrons. The van der Waals surface area contributed by atoms with Gasteiger partial charge in [0.2, 0.25) is 0 Å². The Morgan fingerprint density at radius 2 is 2.10 bits per heavy atom. The van der Waals surface area contributed by atoms with Crippen LogP contribution in [0.1, 0.15) is 35.7 Å². The zero-order chi connectivity index (χ0) is 15.6. The summed E-state index contributed by atoms with van der Waals surface area (Å²) in [6.07, 6.45) is 3.32. The van der Waals surface area contributed by atoms with Gasteiger partial charge in [-0.3, -0.25) is 15.1 Å². The molecular formula is C14H18N4O2S. The summed E-state index contributed by atoms with van der Waals surface area (Å²) in [5.41, 5.74) is 1.73. The minimum Gasteiger partial charge on any atom is -0.300 e. The molecule has 0 aliphatic rings. The molecule has 0 saturated carbocycles. The molecule has 0 amide bonds. The first-order chi connectivity index (χ1) is 9.83. The van der Waals surface area contributed by atoms with E-state index in [4.69, 9.17) is 0 Å². The summed E-state index contributed by atoms with van der Waals surface area (Å²) < 4.78 is 0. The van der Waals surface area contributed by atoms with E-state index in [1.165, 1.54) is 0 Å². The van der Waals surface area contributed by atoms with E-state index in [2.05, 4.69) is 15.3 Å². The molecule has 0 unspecified atom stereocenters. The van der Waals surface area contributed by atoms with Crippen molar-refractivity contribution in [1.82, 2.24) is 15.3 Å². The minimum absolute atomic E-state index is 0.147. The largest absolute Gasteiger partial charge is 0.300 e. The van der Waals surface area contributed by atoms with Gasteiger partial charge in [0.1, 0.15) is 5.01 Å². The standard InChI is InChI=1S/C14H18N4O2S/c1-9-7-16-11(10(2)12(9)18(19)20)8-17-14(3,4)13-15-5-6-21-13/h5-7,17H,8H2,1-4H3. The van der Waals surface area contributed by atoms with Gasteiger partial charge in [-0.25, -0.2) is 4.98 Å². The van der Waals surface area contributed by atoms with Crippen molar-refractivity contribution in [3.8, 4) is 0 Å². The summed E-state index contributed by atoms with van der Waals surface area (Å²) in [5, 5.41) is 17.4. The highest BCUT2D eigenvalue weighted by atomic mass is 32.1. The lowest BCUT2D eigenvalue weighted by molar-refractivity contribution is -0.386. The van der Waals surface area contributed by atoms with Gasteiger partial charge in [-0.05, 0) is 27.7 Å². The Balaban J connectivity index is 2.21. The molecule has 0 spiro atoms. The molecule has 0 atom stereocenters. The van der Waals surface area contributed by atoms with Crippen molar-refractivity contribution in [2.75, 3.05) is 0 Å². The van der Waals surface area contributed by atoms with E-state index in [-0.39, 0.29) is 16.1 Å². The zero-order valence-corrected chi connectivity index (χ0v) is 13.3. The highest BCUT2D eigenvalue weighted by molar-refractivity contribution is 7.09. The maximum Gasteiger partial charge on any atom is 0.278 e. The molecule has 21 heavy (non-hydrogen) atoms. The number of rotatable bonds is 5. The van der Waals surface area contributed by atoms with Gasteiger partial charge < -0.3 is 5.32 Å². The molecule has 6 nitrogen and oxygen atoms in total. The summed E-state index contributed by atoms with van der Waals surface area (Å²) in [4.78, 5) is 19.4. The first kappa shape index (κ1) is 15.5. The van der Waals surface area contributed by atoms with Gasteiger partial charge in [0.05, 0.1) is 16.2 Å². The first-order valence-electron chi connectivity index (χ1n) is 6.57. The highest BCUT2D eigenvalue weighted by Crippen LogP contribution is 2.26. The highest BCUT2D eigenvalue weighted by Gasteiger charge is 2.24. The fraction of sp³-hybridized carbons (Fsp3) is 0.429. The quantitative estimate of drug-likeness (QED) is 0.678. The lowest BCUT2D eigenvalue weighted by atomic mass is 10.1. The molecule has 0 aliphatic heterocycles. The van der Waals surface area contributed by atoms with Crippen LogP contribution in [0.15, 0.2) is 17.8 Å². The molecule has 0 aromatic carbocycles. The molecular weight excluding hydrogens is 288 g/mol. The second-order valence-electron chi connectivity index (χ2n) is 5.43. The predicted octanol–water partition coefficient (Wildman–Crippen LogP) is 3.09. The SMILES string of the molecule is Cc1cnc(CNC(C)(C)c2nccs2)c(C)c1[N+](=O)[O-]. The lowest BCUT2D eigenvalue weighted by Gasteiger charge is -2.24. The number of nitrogens with one attached hydrogen (secondary N) is 1. The molecule has 2 aromatic rings. The minimum atomic E-state index is -0.345. The van der Waals surface area contributed by atoms with Crippen molar-refractivity contribution in [1.29, 1.82) is 0 Å². The van der Waals surface area contributed by atoms with Crippen molar-refractivity contribution in [2.24, 2.45) is 0 Å². The molecule has 0 bridgehead atoms. The van der Waals surface area contributed by atoms with Gasteiger partial charge in [0, 0.05) is 35.4 Å². The fourth-order valence-corrected chi connectivity index (χ4v) is 2.88. The van der Waals surface area contributed by atoms with Crippen LogP contribution in [-0.2, 0) is 12.1 Å². The van der Waals surface area contributed by atoms with Gasteiger partial charge in [0.15, 0.2) is 0 Å². The summed E-state index contributed by atoms with van der Waals surface area (Å²) in [7, 11) is 0. The van der Waals surface area contributed by atoms with E-state index < -0.39 is 0 Å².